The Morgan fingerprint density at radius 2 is 1.91 bits per heavy atom. The second kappa shape index (κ2) is 8.29. The van der Waals surface area contributed by atoms with Gasteiger partial charge in [0, 0.05) is 32.7 Å². The Morgan fingerprint density at radius 1 is 1.17 bits per heavy atom. The lowest BCUT2D eigenvalue weighted by Gasteiger charge is -2.22. The molecule has 0 saturated carbocycles. The van der Waals surface area contributed by atoms with Crippen LogP contribution in [0.4, 0.5) is 4.39 Å². The van der Waals surface area contributed by atoms with Crippen LogP contribution >= 0.6 is 0 Å². The lowest BCUT2D eigenvalue weighted by atomic mass is 10.1. The number of nitrogens with zero attached hydrogens (tertiary/aromatic N) is 2. The van der Waals surface area contributed by atoms with Crippen molar-refractivity contribution in [3.05, 3.63) is 71.0 Å². The molecule has 2 aromatic rings. The molecule has 0 aliphatic carbocycles. The molecule has 0 aliphatic heterocycles. The number of aliphatic hydroxyl groups excluding tert-OH is 1. The number of guanidine groups is 1. The summed E-state index contributed by atoms with van der Waals surface area (Å²) in [7, 11) is 3.69. The van der Waals surface area contributed by atoms with Gasteiger partial charge in [0.05, 0.1) is 6.61 Å². The van der Waals surface area contributed by atoms with Gasteiger partial charge in [0.2, 0.25) is 0 Å². The van der Waals surface area contributed by atoms with Crippen LogP contribution in [0.5, 0.6) is 0 Å². The van der Waals surface area contributed by atoms with Gasteiger partial charge in [-0.1, -0.05) is 36.4 Å². The summed E-state index contributed by atoms with van der Waals surface area (Å²) in [6, 6.07) is 14.9. The van der Waals surface area contributed by atoms with E-state index < -0.39 is 0 Å². The molecular formula is C18H22FN3O. The maximum absolute atomic E-state index is 13.4. The Balaban J connectivity index is 1.97. The van der Waals surface area contributed by atoms with Crippen LogP contribution in [0.2, 0.25) is 0 Å². The molecule has 5 heteroatoms. The van der Waals surface area contributed by atoms with Crippen molar-refractivity contribution in [2.24, 2.45) is 4.99 Å². The fourth-order valence-electron chi connectivity index (χ4n) is 2.36. The summed E-state index contributed by atoms with van der Waals surface area (Å²) in [5.41, 5.74) is 2.39. The van der Waals surface area contributed by atoms with E-state index in [-0.39, 0.29) is 12.4 Å². The Hall–Kier alpha value is -2.40. The van der Waals surface area contributed by atoms with Crippen LogP contribution in [0.3, 0.4) is 0 Å². The monoisotopic (exact) mass is 315 g/mol. The lowest BCUT2D eigenvalue weighted by Crippen LogP contribution is -2.38. The van der Waals surface area contributed by atoms with E-state index in [0.717, 1.165) is 18.1 Å². The number of nitrogens with one attached hydrogen (secondary N) is 1. The molecule has 4 nitrogen and oxygen atoms in total. The van der Waals surface area contributed by atoms with Gasteiger partial charge in [-0.15, -0.1) is 0 Å². The van der Waals surface area contributed by atoms with E-state index in [4.69, 9.17) is 5.11 Å². The minimum absolute atomic E-state index is 0.303. The normalized spacial score (nSPS) is 11.4. The van der Waals surface area contributed by atoms with E-state index in [1.165, 1.54) is 11.6 Å². The van der Waals surface area contributed by atoms with E-state index in [9.17, 15) is 4.39 Å². The van der Waals surface area contributed by atoms with Crippen LogP contribution < -0.4 is 5.32 Å². The zero-order valence-corrected chi connectivity index (χ0v) is 13.5. The molecule has 0 heterocycles. The van der Waals surface area contributed by atoms with Gasteiger partial charge in [0.25, 0.3) is 0 Å². The van der Waals surface area contributed by atoms with Crippen molar-refractivity contribution in [3.63, 3.8) is 0 Å². The third-order valence-electron chi connectivity index (χ3n) is 3.57. The molecule has 0 bridgehead atoms. The standard InChI is InChI=1S/C18H22FN3O/c1-20-18(22(2)12-14-6-4-3-5-7-14)21-11-15-8-9-17(19)16(10-15)13-23/h3-10,23H,11-13H2,1-2H3,(H,20,21). The van der Waals surface area contributed by atoms with Gasteiger partial charge in [-0.2, -0.15) is 0 Å². The topological polar surface area (TPSA) is 47.9 Å². The zero-order valence-electron chi connectivity index (χ0n) is 13.5. The first-order valence-corrected chi connectivity index (χ1v) is 7.48. The van der Waals surface area contributed by atoms with Crippen molar-refractivity contribution in [2.45, 2.75) is 19.7 Å². The predicted octanol–water partition coefficient (Wildman–Crippen LogP) is 2.53. The Labute approximate surface area is 136 Å². The number of halogens is 1. The van der Waals surface area contributed by atoms with E-state index >= 15 is 0 Å². The maximum atomic E-state index is 13.4. The first-order chi connectivity index (χ1) is 11.1. The molecule has 0 unspecified atom stereocenters. The molecule has 0 amide bonds. The number of aliphatic hydroxyl groups is 1. The molecule has 122 valence electrons. The van der Waals surface area contributed by atoms with Crippen LogP contribution in [0, 0.1) is 5.82 Å². The highest BCUT2D eigenvalue weighted by Crippen LogP contribution is 2.11. The first kappa shape index (κ1) is 17.0. The van der Waals surface area contributed by atoms with Crippen molar-refractivity contribution in [3.8, 4) is 0 Å². The Kier molecular flexibility index (Phi) is 6.11. The number of hydrogen-bond acceptors (Lipinski definition) is 2. The molecule has 2 rings (SSSR count). The fraction of sp³-hybridized carbons (Fsp3) is 0.278. The number of benzene rings is 2. The molecular weight excluding hydrogens is 293 g/mol. The molecule has 0 radical (unpaired) electrons. The van der Waals surface area contributed by atoms with Crippen molar-refractivity contribution >= 4 is 5.96 Å². The summed E-state index contributed by atoms with van der Waals surface area (Å²) in [6.07, 6.45) is 0. The number of rotatable bonds is 5. The molecule has 0 fully saturated rings. The average molecular weight is 315 g/mol. The molecule has 0 saturated heterocycles. The average Bonchev–Trinajstić information content (AvgIpc) is 2.57. The summed E-state index contributed by atoms with van der Waals surface area (Å²) < 4.78 is 13.4. The van der Waals surface area contributed by atoms with Gasteiger partial charge in [0.1, 0.15) is 5.82 Å². The summed E-state index contributed by atoms with van der Waals surface area (Å²) in [5, 5.41) is 12.4. The van der Waals surface area contributed by atoms with Gasteiger partial charge < -0.3 is 15.3 Å². The highest BCUT2D eigenvalue weighted by molar-refractivity contribution is 5.79. The molecule has 0 atom stereocenters. The molecule has 0 spiro atoms. The minimum atomic E-state index is -0.387. The van der Waals surface area contributed by atoms with Gasteiger partial charge >= 0.3 is 0 Å². The van der Waals surface area contributed by atoms with Gasteiger partial charge in [-0.25, -0.2) is 4.39 Å². The number of hydrogen-bond donors (Lipinski definition) is 2. The summed E-state index contributed by atoms with van der Waals surface area (Å²) >= 11 is 0. The van der Waals surface area contributed by atoms with Crippen molar-refractivity contribution < 1.29 is 9.50 Å². The minimum Gasteiger partial charge on any atom is -0.392 e. The molecule has 0 aromatic heterocycles. The lowest BCUT2D eigenvalue weighted by molar-refractivity contribution is 0.275. The van der Waals surface area contributed by atoms with Crippen molar-refractivity contribution in [1.82, 2.24) is 10.2 Å². The van der Waals surface area contributed by atoms with Gasteiger partial charge in [-0.05, 0) is 23.3 Å². The maximum Gasteiger partial charge on any atom is 0.193 e. The third kappa shape index (κ3) is 4.79. The SMILES string of the molecule is CN=C(NCc1ccc(F)c(CO)c1)N(C)Cc1ccccc1. The van der Waals surface area contributed by atoms with Crippen LogP contribution in [0.1, 0.15) is 16.7 Å². The Bertz CT molecular complexity index is 659. The smallest absolute Gasteiger partial charge is 0.193 e. The van der Waals surface area contributed by atoms with Crippen LogP contribution in [-0.4, -0.2) is 30.1 Å². The molecule has 23 heavy (non-hydrogen) atoms. The summed E-state index contributed by atoms with van der Waals surface area (Å²) in [4.78, 5) is 6.29. The highest BCUT2D eigenvalue weighted by Gasteiger charge is 2.07. The summed E-state index contributed by atoms with van der Waals surface area (Å²) in [6.45, 7) is 0.952. The predicted molar refractivity (Wildman–Crippen MR) is 90.4 cm³/mol. The van der Waals surface area contributed by atoms with Gasteiger partial charge in [-0.3, -0.25) is 4.99 Å². The molecule has 2 aromatic carbocycles. The highest BCUT2D eigenvalue weighted by atomic mass is 19.1. The summed E-state index contributed by atoms with van der Waals surface area (Å²) in [5.74, 6) is 0.366. The van der Waals surface area contributed by atoms with Crippen molar-refractivity contribution in [1.29, 1.82) is 0 Å². The second-order valence-electron chi connectivity index (χ2n) is 5.33. The number of aliphatic imine (C=N–C) groups is 1. The van der Waals surface area contributed by atoms with Gasteiger partial charge in [0.15, 0.2) is 5.96 Å². The van der Waals surface area contributed by atoms with E-state index in [0.29, 0.717) is 12.1 Å². The largest absolute Gasteiger partial charge is 0.392 e. The van der Waals surface area contributed by atoms with Crippen LogP contribution in [-0.2, 0) is 19.7 Å². The first-order valence-electron chi connectivity index (χ1n) is 7.48. The molecule has 0 aliphatic rings. The van der Waals surface area contributed by atoms with Crippen LogP contribution in [0.25, 0.3) is 0 Å². The Morgan fingerprint density at radius 3 is 2.57 bits per heavy atom. The molecule has 2 N–H and O–H groups in total. The van der Waals surface area contributed by atoms with Crippen LogP contribution in [0.15, 0.2) is 53.5 Å². The van der Waals surface area contributed by atoms with Crippen molar-refractivity contribution in [2.75, 3.05) is 14.1 Å². The second-order valence-corrected chi connectivity index (χ2v) is 5.33. The quantitative estimate of drug-likeness (QED) is 0.658. The third-order valence-corrected chi connectivity index (χ3v) is 3.57. The fourth-order valence-corrected chi connectivity index (χ4v) is 2.36. The van der Waals surface area contributed by atoms with E-state index in [2.05, 4.69) is 22.4 Å². The van der Waals surface area contributed by atoms with E-state index in [1.807, 2.05) is 30.1 Å². The van der Waals surface area contributed by atoms with E-state index in [1.54, 1.807) is 19.2 Å². The zero-order chi connectivity index (χ0) is 16.7.